The third kappa shape index (κ3) is 8.50. The number of hydrogen-bond donors (Lipinski definition) is 4. The molecule has 2 amide bonds. The first-order valence-electron chi connectivity index (χ1n) is 19.5. The van der Waals surface area contributed by atoms with Crippen molar-refractivity contribution >= 4 is 62.2 Å². The van der Waals surface area contributed by atoms with Gasteiger partial charge in [-0.25, -0.2) is 14.0 Å². The molecular weight excluding hydrogens is 763 g/mol. The van der Waals surface area contributed by atoms with Crippen molar-refractivity contribution < 1.29 is 28.9 Å². The Morgan fingerprint density at radius 2 is 1.32 bits per heavy atom. The molecule has 308 valence electrons. The van der Waals surface area contributed by atoms with Gasteiger partial charge in [-0.2, -0.15) is 14.5 Å². The number of nitrogen functional groups attached to an aromatic ring is 2. The highest BCUT2D eigenvalue weighted by Crippen LogP contribution is 2.39. The second-order valence-electron chi connectivity index (χ2n) is 14.7. The molecule has 1 aliphatic rings. The van der Waals surface area contributed by atoms with Crippen LogP contribution in [0.1, 0.15) is 23.2 Å². The Morgan fingerprint density at radius 1 is 0.750 bits per heavy atom. The summed E-state index contributed by atoms with van der Waals surface area (Å²) in [4.78, 5) is 33.9. The van der Waals surface area contributed by atoms with Crippen LogP contribution in [0.4, 0.5) is 33.5 Å². The Hall–Kier alpha value is -7.56. The molecule has 1 unspecified atom stereocenters. The number of azo groups is 2. The molecule has 17 nitrogen and oxygen atoms in total. The number of phenols is 2. The van der Waals surface area contributed by atoms with Crippen LogP contribution < -0.4 is 20.6 Å². The molecule has 1 aliphatic heterocycles. The fourth-order valence-corrected chi connectivity index (χ4v) is 7.12. The monoisotopic (exact) mass is 811 g/mol. The Bertz CT molecular complexity index is 2640. The Labute approximate surface area is 347 Å². The molecule has 0 saturated carbocycles. The van der Waals surface area contributed by atoms with Crippen molar-refractivity contribution in [1.82, 2.24) is 24.2 Å². The van der Waals surface area contributed by atoms with Gasteiger partial charge in [-0.3, -0.25) is 4.79 Å². The van der Waals surface area contributed by atoms with Gasteiger partial charge in [-0.1, -0.05) is 53.6 Å². The first kappa shape index (κ1) is 40.6. The number of carbonyl (C=O) groups is 2. The van der Waals surface area contributed by atoms with Crippen molar-refractivity contribution in [3.63, 3.8) is 0 Å². The molecule has 0 fully saturated rings. The van der Waals surface area contributed by atoms with E-state index in [-0.39, 0.29) is 23.4 Å². The van der Waals surface area contributed by atoms with E-state index in [0.717, 1.165) is 10.8 Å². The number of hydrogen-bond acceptors (Lipinski definition) is 12. The van der Waals surface area contributed by atoms with E-state index in [9.17, 15) is 19.8 Å². The molecule has 2 aromatic heterocycles. The third-order valence-corrected chi connectivity index (χ3v) is 10.6. The van der Waals surface area contributed by atoms with Gasteiger partial charge in [0.1, 0.15) is 29.6 Å². The number of imidazole rings is 1. The lowest BCUT2D eigenvalue weighted by Crippen LogP contribution is -2.51. The zero-order valence-electron chi connectivity index (χ0n) is 34.0. The van der Waals surface area contributed by atoms with Crippen LogP contribution in [0.15, 0.2) is 130 Å². The van der Waals surface area contributed by atoms with E-state index in [0.29, 0.717) is 84.1 Å². The van der Waals surface area contributed by atoms with E-state index in [1.165, 1.54) is 16.7 Å². The summed E-state index contributed by atoms with van der Waals surface area (Å²) >= 11 is 0. The van der Waals surface area contributed by atoms with Crippen LogP contribution >= 0.6 is 0 Å². The lowest BCUT2D eigenvalue weighted by Gasteiger charge is -2.26. The van der Waals surface area contributed by atoms with Gasteiger partial charge in [-0.15, -0.1) is 5.11 Å². The molecule has 0 saturated heterocycles. The predicted molar refractivity (Wildman–Crippen MR) is 228 cm³/mol. The Morgan fingerprint density at radius 3 is 1.95 bits per heavy atom. The summed E-state index contributed by atoms with van der Waals surface area (Å²) in [6.45, 7) is 2.16. The highest BCUT2D eigenvalue weighted by Gasteiger charge is 2.26. The fraction of sp³-hybridized carbons (Fsp3) is 0.256. The lowest BCUT2D eigenvalue weighted by atomic mass is 10.1. The standard InChI is InChI=1S/C43H47N13O4/c1-50(17-9-19-54-25-23-51(2)41(54)48-46-34-27-36(57)38(44)32-13-7-5-11-30(32)34)40(59)29-15-21-56(22-16-29)43(60)53(4)18-10-20-55-26-24-52(3)42(55)49-47-35-28-37(58)39(45)33-14-8-6-12-31(33)35/h5-8,11-16,21-28,42,44-45H,9-10,17-20H2,1-4H3,(H2,46,57,59)/p+2. The van der Waals surface area contributed by atoms with E-state index >= 15 is 0 Å². The zero-order valence-corrected chi connectivity index (χ0v) is 34.0. The molecule has 3 heterocycles. The maximum Gasteiger partial charge on any atom is 0.497 e. The van der Waals surface area contributed by atoms with E-state index in [2.05, 4.69) is 20.5 Å². The highest BCUT2D eigenvalue weighted by molar-refractivity contribution is 6.03. The number of phenolic OH excluding ortho intramolecular Hbond substituents is 2. The van der Waals surface area contributed by atoms with Crippen molar-refractivity contribution in [1.29, 1.82) is 0 Å². The molecule has 0 spiro atoms. The third-order valence-electron chi connectivity index (χ3n) is 10.6. The molecular formula is C43H49N13O4+2. The van der Waals surface area contributed by atoms with E-state index in [4.69, 9.17) is 11.5 Å². The van der Waals surface area contributed by atoms with E-state index in [1.807, 2.05) is 106 Å². The van der Waals surface area contributed by atoms with Crippen molar-refractivity contribution in [2.75, 3.05) is 52.2 Å². The quantitative estimate of drug-likeness (QED) is 0.0461. The highest BCUT2D eigenvalue weighted by atomic mass is 16.3. The van der Waals surface area contributed by atoms with Crippen LogP contribution in [0.5, 0.6) is 11.5 Å². The van der Waals surface area contributed by atoms with Crippen molar-refractivity contribution in [2.24, 2.45) is 27.5 Å². The number of benzene rings is 4. The number of amides is 2. The average Bonchev–Trinajstić information content (AvgIpc) is 3.80. The summed E-state index contributed by atoms with van der Waals surface area (Å²) in [5.41, 5.74) is 14.2. The van der Waals surface area contributed by atoms with Crippen LogP contribution in [-0.2, 0) is 13.6 Å². The number of aromatic hydroxyl groups is 2. The van der Waals surface area contributed by atoms with Gasteiger partial charge in [-0.05, 0) is 18.6 Å². The summed E-state index contributed by atoms with van der Waals surface area (Å²) in [6, 6.07) is 21.0. The first-order valence-corrected chi connectivity index (χ1v) is 19.5. The van der Waals surface area contributed by atoms with Crippen molar-refractivity contribution in [3.8, 4) is 11.5 Å². The first-order chi connectivity index (χ1) is 28.9. The van der Waals surface area contributed by atoms with Gasteiger partial charge >= 0.3 is 12.0 Å². The summed E-state index contributed by atoms with van der Waals surface area (Å²) in [5.74, 6) is 0.343. The molecule has 17 heteroatoms. The Kier molecular flexibility index (Phi) is 11.9. The van der Waals surface area contributed by atoms with Crippen LogP contribution in [0.2, 0.25) is 0 Å². The number of rotatable bonds is 13. The van der Waals surface area contributed by atoms with Gasteiger partial charge in [0.25, 0.3) is 5.91 Å². The second kappa shape index (κ2) is 17.5. The fourth-order valence-electron chi connectivity index (χ4n) is 7.12. The maximum atomic E-state index is 13.3. The molecule has 6 aromatic rings. The Balaban J connectivity index is 0.890. The normalized spacial score (nSPS) is 14.0. The van der Waals surface area contributed by atoms with Crippen molar-refractivity contribution in [2.45, 2.75) is 25.7 Å². The smallest absolute Gasteiger partial charge is 0.497 e. The minimum atomic E-state index is -0.396. The van der Waals surface area contributed by atoms with Crippen molar-refractivity contribution in [3.05, 3.63) is 116 Å². The van der Waals surface area contributed by atoms with Gasteiger partial charge in [0.15, 0.2) is 0 Å². The number of nitrogens with zero attached hydrogens (tertiary/aromatic N) is 11. The molecule has 6 N–H and O–H groups in total. The van der Waals surface area contributed by atoms with Gasteiger partial charge in [0.2, 0.25) is 6.29 Å². The van der Waals surface area contributed by atoms with Crippen LogP contribution in [0.3, 0.4) is 0 Å². The largest absolute Gasteiger partial charge is 0.506 e. The molecule has 4 aromatic carbocycles. The molecule has 0 bridgehead atoms. The number of anilines is 2. The average molecular weight is 812 g/mol. The van der Waals surface area contributed by atoms with Gasteiger partial charge in [0, 0.05) is 90.4 Å². The van der Waals surface area contributed by atoms with Gasteiger partial charge < -0.3 is 36.4 Å². The van der Waals surface area contributed by atoms with Crippen LogP contribution in [0, 0.1) is 0 Å². The topological polar surface area (TPSA) is 202 Å². The number of aromatic nitrogens is 3. The maximum absolute atomic E-state index is 13.3. The summed E-state index contributed by atoms with van der Waals surface area (Å²) in [6.07, 6.45) is 11.8. The predicted octanol–water partition coefficient (Wildman–Crippen LogP) is 6.14. The number of fused-ring (bicyclic) bond motifs is 2. The summed E-state index contributed by atoms with van der Waals surface area (Å²) in [5, 5.41) is 41.7. The van der Waals surface area contributed by atoms with Gasteiger partial charge in [0.05, 0.1) is 56.6 Å². The molecule has 7 rings (SSSR count). The zero-order chi connectivity index (χ0) is 42.5. The molecule has 0 radical (unpaired) electrons. The number of carbonyl (C=O) groups excluding carboxylic acids is 2. The minimum Gasteiger partial charge on any atom is -0.506 e. The molecule has 1 atom stereocenters. The van der Waals surface area contributed by atoms with E-state index in [1.54, 1.807) is 48.4 Å². The molecule has 60 heavy (non-hydrogen) atoms. The molecule has 0 aliphatic carbocycles. The lowest BCUT2D eigenvalue weighted by molar-refractivity contribution is -0.657. The summed E-state index contributed by atoms with van der Waals surface area (Å²) < 4.78 is 5.26. The summed E-state index contributed by atoms with van der Waals surface area (Å²) in [7, 11) is 7.28. The number of nitrogens with two attached hydrogens (primary N) is 2. The SMILES string of the molecule is CN(CCCn1cc[n+](C)c1N=Nc1cc(O)c(N)c2ccccc12)C(=O)c1cc[n+](C(=O)N(C)CCCN2C=CN(C)C2N=Nc2cc(O)c(N)c3ccccc23)cc1. The van der Waals surface area contributed by atoms with E-state index < -0.39 is 6.29 Å². The van der Waals surface area contributed by atoms with Crippen LogP contribution in [-0.4, -0.2) is 93.4 Å². The number of pyridine rings is 1. The van der Waals surface area contributed by atoms with Crippen LogP contribution in [0.25, 0.3) is 21.5 Å². The second-order valence-corrected chi connectivity index (χ2v) is 14.7. The minimum absolute atomic E-state index is 0.0457. The number of aryl methyl sites for hydroxylation is 2.